The fourth-order valence-electron chi connectivity index (χ4n) is 2.18. The van der Waals surface area contributed by atoms with Crippen molar-refractivity contribution in [2.75, 3.05) is 23.3 Å². The number of nitrogens with zero attached hydrogens (tertiary/aromatic N) is 1. The van der Waals surface area contributed by atoms with Gasteiger partial charge < -0.3 is 14.8 Å². The molecule has 0 saturated carbocycles. The van der Waals surface area contributed by atoms with E-state index >= 15 is 0 Å². The van der Waals surface area contributed by atoms with Crippen molar-refractivity contribution in [3.05, 3.63) is 24.0 Å². The summed E-state index contributed by atoms with van der Waals surface area (Å²) >= 11 is 0. The van der Waals surface area contributed by atoms with Crippen LogP contribution >= 0.6 is 0 Å². The standard InChI is InChI=1S/C16H21FN2O4/c1-10-9-19(15(21)22-10)11-5-6-13(12(17)7-11)18-8-14(20)23-16(2,3)4/h5-7,10,18H,8-9H2,1-4H3/t10-/m0/s1. The molecule has 1 aliphatic rings. The quantitative estimate of drug-likeness (QED) is 0.863. The van der Waals surface area contributed by atoms with Crippen molar-refractivity contribution in [3.8, 4) is 0 Å². The smallest absolute Gasteiger partial charge is 0.414 e. The Labute approximate surface area is 134 Å². The van der Waals surface area contributed by atoms with Crippen LogP contribution in [0.3, 0.4) is 0 Å². The Hall–Kier alpha value is -2.31. The van der Waals surface area contributed by atoms with Crippen LogP contribution in [0.4, 0.5) is 20.6 Å². The minimum Gasteiger partial charge on any atom is -0.459 e. The number of ether oxygens (including phenoxy) is 2. The highest BCUT2D eigenvalue weighted by atomic mass is 19.1. The Kier molecular flexibility index (Phi) is 4.77. The van der Waals surface area contributed by atoms with Gasteiger partial charge in [0.25, 0.3) is 0 Å². The number of esters is 1. The second kappa shape index (κ2) is 6.44. The molecule has 1 amide bonds. The number of hydrogen-bond acceptors (Lipinski definition) is 5. The lowest BCUT2D eigenvalue weighted by Gasteiger charge is -2.20. The summed E-state index contributed by atoms with van der Waals surface area (Å²) in [4.78, 5) is 24.6. The molecular weight excluding hydrogens is 303 g/mol. The van der Waals surface area contributed by atoms with Gasteiger partial charge in [0, 0.05) is 0 Å². The van der Waals surface area contributed by atoms with Crippen LogP contribution in [0.5, 0.6) is 0 Å². The molecule has 1 aliphatic heterocycles. The number of anilines is 2. The van der Waals surface area contributed by atoms with Crippen molar-refractivity contribution in [2.24, 2.45) is 0 Å². The van der Waals surface area contributed by atoms with E-state index < -0.39 is 23.5 Å². The van der Waals surface area contributed by atoms with Gasteiger partial charge in [-0.3, -0.25) is 9.69 Å². The monoisotopic (exact) mass is 324 g/mol. The maximum atomic E-state index is 14.1. The number of halogens is 1. The molecule has 126 valence electrons. The first-order valence-electron chi connectivity index (χ1n) is 7.39. The summed E-state index contributed by atoms with van der Waals surface area (Å²) in [5.41, 5.74) is -0.00608. The minimum atomic E-state index is -0.589. The van der Waals surface area contributed by atoms with Crippen molar-refractivity contribution in [2.45, 2.75) is 39.4 Å². The van der Waals surface area contributed by atoms with Crippen molar-refractivity contribution >= 4 is 23.4 Å². The molecule has 2 rings (SSSR count). The third kappa shape index (κ3) is 4.58. The molecule has 1 N–H and O–H groups in total. The molecule has 0 radical (unpaired) electrons. The van der Waals surface area contributed by atoms with E-state index in [1.165, 1.54) is 17.0 Å². The number of carbonyl (C=O) groups excluding carboxylic acids is 2. The summed E-state index contributed by atoms with van der Waals surface area (Å²) in [5.74, 6) is -1.03. The van der Waals surface area contributed by atoms with Gasteiger partial charge in [-0.25, -0.2) is 9.18 Å². The lowest BCUT2D eigenvalue weighted by molar-refractivity contribution is -0.152. The van der Waals surface area contributed by atoms with E-state index in [1.807, 2.05) is 0 Å². The van der Waals surface area contributed by atoms with Gasteiger partial charge in [-0.05, 0) is 45.9 Å². The SMILES string of the molecule is C[C@H]1CN(c2ccc(NCC(=O)OC(C)(C)C)c(F)c2)C(=O)O1. The third-order valence-electron chi connectivity index (χ3n) is 3.07. The van der Waals surface area contributed by atoms with Gasteiger partial charge in [-0.2, -0.15) is 0 Å². The van der Waals surface area contributed by atoms with Gasteiger partial charge in [0.05, 0.1) is 17.9 Å². The van der Waals surface area contributed by atoms with Gasteiger partial charge in [0.15, 0.2) is 0 Å². The molecule has 1 heterocycles. The van der Waals surface area contributed by atoms with Crippen molar-refractivity contribution in [1.82, 2.24) is 0 Å². The van der Waals surface area contributed by atoms with E-state index in [9.17, 15) is 14.0 Å². The van der Waals surface area contributed by atoms with Gasteiger partial charge in [-0.1, -0.05) is 0 Å². The van der Waals surface area contributed by atoms with Crippen LogP contribution in [0.15, 0.2) is 18.2 Å². The normalized spacial score (nSPS) is 17.9. The first kappa shape index (κ1) is 17.1. The maximum Gasteiger partial charge on any atom is 0.414 e. The fourth-order valence-corrected chi connectivity index (χ4v) is 2.18. The Morgan fingerprint density at radius 1 is 1.48 bits per heavy atom. The zero-order valence-electron chi connectivity index (χ0n) is 13.7. The van der Waals surface area contributed by atoms with Gasteiger partial charge in [0.2, 0.25) is 0 Å². The molecule has 1 saturated heterocycles. The molecule has 1 aromatic carbocycles. The zero-order valence-corrected chi connectivity index (χ0v) is 13.7. The molecule has 0 aromatic heterocycles. The number of rotatable bonds is 4. The highest BCUT2D eigenvalue weighted by molar-refractivity contribution is 5.90. The second-order valence-electron chi connectivity index (χ2n) is 6.41. The van der Waals surface area contributed by atoms with Crippen LogP contribution in [-0.4, -0.2) is 36.9 Å². The van der Waals surface area contributed by atoms with Crippen LogP contribution in [0.1, 0.15) is 27.7 Å². The van der Waals surface area contributed by atoms with E-state index in [0.717, 1.165) is 0 Å². The van der Waals surface area contributed by atoms with Crippen molar-refractivity contribution in [1.29, 1.82) is 0 Å². The fraction of sp³-hybridized carbons (Fsp3) is 0.500. The van der Waals surface area contributed by atoms with Crippen LogP contribution < -0.4 is 10.2 Å². The predicted octanol–water partition coefficient (Wildman–Crippen LogP) is 2.92. The lowest BCUT2D eigenvalue weighted by atomic mass is 10.2. The maximum absolute atomic E-state index is 14.1. The first-order valence-corrected chi connectivity index (χ1v) is 7.39. The van der Waals surface area contributed by atoms with Crippen LogP contribution in [0.25, 0.3) is 0 Å². The molecule has 7 heteroatoms. The average molecular weight is 324 g/mol. The van der Waals surface area contributed by atoms with Crippen LogP contribution in [-0.2, 0) is 14.3 Å². The molecule has 23 heavy (non-hydrogen) atoms. The Balaban J connectivity index is 2.00. The Morgan fingerprint density at radius 3 is 2.70 bits per heavy atom. The molecule has 1 atom stereocenters. The second-order valence-corrected chi connectivity index (χ2v) is 6.41. The van der Waals surface area contributed by atoms with E-state index in [1.54, 1.807) is 33.8 Å². The van der Waals surface area contributed by atoms with Crippen molar-refractivity contribution < 1.29 is 23.5 Å². The summed E-state index contributed by atoms with van der Waals surface area (Å²) in [5, 5.41) is 2.69. The summed E-state index contributed by atoms with van der Waals surface area (Å²) < 4.78 is 24.3. The number of carbonyl (C=O) groups is 2. The molecule has 1 fully saturated rings. The minimum absolute atomic E-state index is 0.143. The summed E-state index contributed by atoms with van der Waals surface area (Å²) in [7, 11) is 0. The summed E-state index contributed by atoms with van der Waals surface area (Å²) in [6.45, 7) is 7.29. The molecule has 0 bridgehead atoms. The highest BCUT2D eigenvalue weighted by Gasteiger charge is 2.29. The van der Waals surface area contributed by atoms with E-state index in [-0.39, 0.29) is 18.3 Å². The Bertz CT molecular complexity index is 613. The molecule has 6 nitrogen and oxygen atoms in total. The molecule has 0 aliphatic carbocycles. The molecule has 0 spiro atoms. The van der Waals surface area contributed by atoms with Crippen LogP contribution in [0.2, 0.25) is 0 Å². The topological polar surface area (TPSA) is 67.9 Å². The number of hydrogen-bond donors (Lipinski definition) is 1. The van der Waals surface area contributed by atoms with E-state index in [4.69, 9.17) is 9.47 Å². The summed E-state index contributed by atoms with van der Waals surface area (Å²) in [6, 6.07) is 4.31. The average Bonchev–Trinajstić information content (AvgIpc) is 2.74. The van der Waals surface area contributed by atoms with Gasteiger partial charge in [-0.15, -0.1) is 0 Å². The van der Waals surface area contributed by atoms with Gasteiger partial charge >= 0.3 is 12.1 Å². The first-order chi connectivity index (χ1) is 10.7. The Morgan fingerprint density at radius 2 is 2.17 bits per heavy atom. The molecule has 0 unspecified atom stereocenters. The molecular formula is C16H21FN2O4. The van der Waals surface area contributed by atoms with Gasteiger partial charge in [0.1, 0.15) is 24.1 Å². The van der Waals surface area contributed by atoms with E-state index in [0.29, 0.717) is 12.2 Å². The lowest BCUT2D eigenvalue weighted by Crippen LogP contribution is -2.28. The zero-order chi connectivity index (χ0) is 17.2. The largest absolute Gasteiger partial charge is 0.459 e. The summed E-state index contributed by atoms with van der Waals surface area (Å²) in [6.07, 6.45) is -0.720. The predicted molar refractivity (Wildman–Crippen MR) is 84.0 cm³/mol. The number of benzene rings is 1. The van der Waals surface area contributed by atoms with E-state index in [2.05, 4.69) is 5.32 Å². The van der Waals surface area contributed by atoms with Crippen LogP contribution in [0, 0.1) is 5.82 Å². The number of cyclic esters (lactones) is 1. The molecule has 1 aromatic rings. The van der Waals surface area contributed by atoms with Crippen molar-refractivity contribution in [3.63, 3.8) is 0 Å². The third-order valence-corrected chi connectivity index (χ3v) is 3.07. The number of nitrogens with one attached hydrogen (secondary N) is 1. The highest BCUT2D eigenvalue weighted by Crippen LogP contribution is 2.25. The number of amides is 1.